The summed E-state index contributed by atoms with van der Waals surface area (Å²) in [7, 11) is 0. The third-order valence-electron chi connectivity index (χ3n) is 4.72. The molecule has 0 radical (unpaired) electrons. The molecule has 0 saturated carbocycles. The summed E-state index contributed by atoms with van der Waals surface area (Å²) in [6.45, 7) is 0. The Bertz CT molecular complexity index is 900. The molecule has 104 valence electrons. The van der Waals surface area contributed by atoms with Crippen LogP contribution in [-0.2, 0) is 5.54 Å². The van der Waals surface area contributed by atoms with Gasteiger partial charge in [-0.05, 0) is 28.3 Å². The van der Waals surface area contributed by atoms with Gasteiger partial charge in [-0.15, -0.1) is 0 Å². The largest absolute Gasteiger partial charge is 0.334 e. The smallest absolute Gasteiger partial charge is 0.253 e. The Kier molecular flexibility index (Phi) is 2.03. The predicted octanol–water partition coefficient (Wildman–Crippen LogP) is 3.10. The van der Waals surface area contributed by atoms with E-state index in [4.69, 9.17) is 0 Å². The first-order chi connectivity index (χ1) is 10.8. The van der Waals surface area contributed by atoms with Crippen molar-refractivity contribution in [2.24, 2.45) is 0 Å². The molecular weight excluding hydrogens is 272 g/mol. The van der Waals surface area contributed by atoms with Gasteiger partial charge in [-0.2, -0.15) is 0 Å². The summed E-state index contributed by atoms with van der Waals surface area (Å²) in [4.78, 5) is 16.8. The van der Waals surface area contributed by atoms with Gasteiger partial charge in [-0.1, -0.05) is 48.5 Å². The fourth-order valence-electron chi connectivity index (χ4n) is 3.86. The molecule has 0 saturated heterocycles. The predicted molar refractivity (Wildman–Crippen MR) is 83.5 cm³/mol. The van der Waals surface area contributed by atoms with E-state index in [1.807, 2.05) is 30.5 Å². The molecule has 5 rings (SSSR count). The van der Waals surface area contributed by atoms with Crippen molar-refractivity contribution < 1.29 is 4.79 Å². The molecule has 3 aromatic rings. The molecule has 1 aromatic heterocycles. The quantitative estimate of drug-likeness (QED) is 0.689. The highest BCUT2D eigenvalue weighted by molar-refractivity contribution is 6.03. The van der Waals surface area contributed by atoms with E-state index >= 15 is 0 Å². The SMILES string of the molecule is O=C1NC2(c3cnccc31)c1ccccc1-c1ccccc12. The average Bonchev–Trinajstić information content (AvgIpc) is 3.04. The number of hydrogen-bond donors (Lipinski definition) is 1. The average molecular weight is 284 g/mol. The molecular formula is C19H12N2O. The number of nitrogens with one attached hydrogen (secondary N) is 1. The lowest BCUT2D eigenvalue weighted by molar-refractivity contribution is 0.0949. The van der Waals surface area contributed by atoms with E-state index < -0.39 is 5.54 Å². The summed E-state index contributed by atoms with van der Waals surface area (Å²) in [6, 6.07) is 18.3. The zero-order valence-electron chi connectivity index (χ0n) is 11.7. The molecule has 0 fully saturated rings. The molecule has 0 bridgehead atoms. The number of hydrogen-bond acceptors (Lipinski definition) is 2. The molecule has 3 nitrogen and oxygen atoms in total. The second-order valence-electron chi connectivity index (χ2n) is 5.72. The summed E-state index contributed by atoms with van der Waals surface area (Å²) >= 11 is 0. The number of carbonyl (C=O) groups is 1. The van der Waals surface area contributed by atoms with Gasteiger partial charge >= 0.3 is 0 Å². The van der Waals surface area contributed by atoms with E-state index in [1.165, 1.54) is 11.1 Å². The molecule has 22 heavy (non-hydrogen) atoms. The Labute approximate surface area is 127 Å². The van der Waals surface area contributed by atoms with Gasteiger partial charge in [0.1, 0.15) is 5.54 Å². The van der Waals surface area contributed by atoms with Crippen LogP contribution in [0, 0.1) is 0 Å². The van der Waals surface area contributed by atoms with E-state index in [9.17, 15) is 4.79 Å². The van der Waals surface area contributed by atoms with Crippen LogP contribution < -0.4 is 5.32 Å². The number of benzene rings is 2. The zero-order valence-corrected chi connectivity index (χ0v) is 11.7. The normalized spacial score (nSPS) is 16.1. The Morgan fingerprint density at radius 1 is 0.773 bits per heavy atom. The Hall–Kier alpha value is -2.94. The molecule has 0 unspecified atom stereocenters. The van der Waals surface area contributed by atoms with Gasteiger partial charge in [-0.3, -0.25) is 9.78 Å². The van der Waals surface area contributed by atoms with E-state index in [0.29, 0.717) is 5.56 Å². The number of aromatic nitrogens is 1. The molecule has 3 heteroatoms. The van der Waals surface area contributed by atoms with Gasteiger partial charge in [-0.25, -0.2) is 0 Å². The Morgan fingerprint density at radius 3 is 2.09 bits per heavy atom. The summed E-state index contributed by atoms with van der Waals surface area (Å²) < 4.78 is 0. The molecule has 1 amide bonds. The van der Waals surface area contributed by atoms with Crippen LogP contribution in [0.1, 0.15) is 27.0 Å². The summed E-state index contributed by atoms with van der Waals surface area (Å²) in [6.07, 6.45) is 3.48. The standard InChI is InChI=1S/C19H12N2O/c22-18-14-9-10-20-11-17(14)19(21-18)15-7-3-1-5-12(15)13-6-2-4-8-16(13)19/h1-11H,(H,21,22). The third kappa shape index (κ3) is 1.18. The van der Waals surface area contributed by atoms with Crippen LogP contribution in [0.3, 0.4) is 0 Å². The lowest BCUT2D eigenvalue weighted by atomic mass is 9.82. The minimum atomic E-state index is -0.603. The van der Waals surface area contributed by atoms with Crippen molar-refractivity contribution in [2.45, 2.75) is 5.54 Å². The van der Waals surface area contributed by atoms with Gasteiger partial charge in [0.15, 0.2) is 0 Å². The Morgan fingerprint density at radius 2 is 1.41 bits per heavy atom. The van der Waals surface area contributed by atoms with Crippen LogP contribution in [0.15, 0.2) is 67.0 Å². The van der Waals surface area contributed by atoms with Crippen molar-refractivity contribution in [3.63, 3.8) is 0 Å². The van der Waals surface area contributed by atoms with E-state index in [-0.39, 0.29) is 5.91 Å². The first kappa shape index (κ1) is 11.7. The maximum atomic E-state index is 12.5. The lowest BCUT2D eigenvalue weighted by Crippen LogP contribution is -2.39. The number of fused-ring (bicyclic) bond motifs is 7. The number of amides is 1. The first-order valence-corrected chi connectivity index (χ1v) is 7.29. The van der Waals surface area contributed by atoms with Gasteiger partial charge in [0.2, 0.25) is 0 Å². The Balaban J connectivity index is 1.96. The van der Waals surface area contributed by atoms with Crippen molar-refractivity contribution in [3.05, 3.63) is 89.2 Å². The topological polar surface area (TPSA) is 42.0 Å². The van der Waals surface area contributed by atoms with Crippen LogP contribution in [0.25, 0.3) is 11.1 Å². The minimum absolute atomic E-state index is 0.0380. The molecule has 1 N–H and O–H groups in total. The van der Waals surface area contributed by atoms with Crippen molar-refractivity contribution in [2.75, 3.05) is 0 Å². The number of pyridine rings is 1. The monoisotopic (exact) mass is 284 g/mol. The van der Waals surface area contributed by atoms with E-state index in [0.717, 1.165) is 16.7 Å². The summed E-state index contributed by atoms with van der Waals surface area (Å²) in [5, 5.41) is 3.23. The molecule has 2 aliphatic rings. The third-order valence-corrected chi connectivity index (χ3v) is 4.72. The van der Waals surface area contributed by atoms with Crippen molar-refractivity contribution in [1.29, 1.82) is 0 Å². The van der Waals surface area contributed by atoms with Crippen molar-refractivity contribution in [3.8, 4) is 11.1 Å². The fourth-order valence-corrected chi connectivity index (χ4v) is 3.86. The van der Waals surface area contributed by atoms with Crippen LogP contribution >= 0.6 is 0 Å². The van der Waals surface area contributed by atoms with Gasteiger partial charge in [0, 0.05) is 23.5 Å². The molecule has 2 heterocycles. The molecule has 0 atom stereocenters. The maximum Gasteiger partial charge on any atom is 0.253 e. The second-order valence-corrected chi connectivity index (χ2v) is 5.72. The van der Waals surface area contributed by atoms with Gasteiger partial charge in [0.25, 0.3) is 5.91 Å². The zero-order chi connectivity index (χ0) is 14.7. The highest BCUT2D eigenvalue weighted by atomic mass is 16.2. The van der Waals surface area contributed by atoms with Crippen molar-refractivity contribution >= 4 is 5.91 Å². The number of nitrogens with zero attached hydrogens (tertiary/aromatic N) is 1. The van der Waals surface area contributed by atoms with Crippen molar-refractivity contribution in [1.82, 2.24) is 10.3 Å². The van der Waals surface area contributed by atoms with Gasteiger partial charge in [0.05, 0.1) is 0 Å². The first-order valence-electron chi connectivity index (χ1n) is 7.29. The molecule has 1 aliphatic heterocycles. The van der Waals surface area contributed by atoms with E-state index in [2.05, 4.69) is 34.6 Å². The van der Waals surface area contributed by atoms with Crippen LogP contribution in [0.5, 0.6) is 0 Å². The highest BCUT2D eigenvalue weighted by Gasteiger charge is 2.51. The van der Waals surface area contributed by atoms with Crippen LogP contribution in [0.4, 0.5) is 0 Å². The van der Waals surface area contributed by atoms with Crippen LogP contribution in [0.2, 0.25) is 0 Å². The summed E-state index contributed by atoms with van der Waals surface area (Å²) in [5.41, 5.74) is 5.64. The number of carbonyl (C=O) groups excluding carboxylic acids is 1. The maximum absolute atomic E-state index is 12.5. The lowest BCUT2D eigenvalue weighted by Gasteiger charge is -2.27. The molecule has 1 spiro atoms. The molecule has 2 aromatic carbocycles. The summed E-state index contributed by atoms with van der Waals surface area (Å²) in [5.74, 6) is -0.0380. The highest BCUT2D eigenvalue weighted by Crippen LogP contribution is 2.53. The number of rotatable bonds is 0. The molecule has 1 aliphatic carbocycles. The van der Waals surface area contributed by atoms with Crippen LogP contribution in [-0.4, -0.2) is 10.9 Å². The van der Waals surface area contributed by atoms with Gasteiger partial charge < -0.3 is 5.32 Å². The fraction of sp³-hybridized carbons (Fsp3) is 0.0526. The second kappa shape index (κ2) is 3.83. The minimum Gasteiger partial charge on any atom is -0.334 e. The van der Waals surface area contributed by atoms with E-state index in [1.54, 1.807) is 12.3 Å².